The lowest BCUT2D eigenvalue weighted by Crippen LogP contribution is -2.38. The monoisotopic (exact) mass is 856 g/mol. The molecule has 0 bridgehead atoms. The van der Waals surface area contributed by atoms with Crippen molar-refractivity contribution in [1.29, 1.82) is 0 Å². The van der Waals surface area contributed by atoms with Gasteiger partial charge in [-0.05, 0) is 116 Å². The Kier molecular flexibility index (Phi) is 7.97. The van der Waals surface area contributed by atoms with Crippen LogP contribution in [0.25, 0.3) is 11.8 Å². The minimum atomic E-state index is -0.186. The number of allylic oxidation sites excluding steroid dienone is 1. The minimum absolute atomic E-state index is 0.00787. The van der Waals surface area contributed by atoms with E-state index in [0.29, 0.717) is 11.1 Å². The van der Waals surface area contributed by atoms with E-state index in [0.717, 1.165) is 57.4 Å². The predicted octanol–water partition coefficient (Wildman–Crippen LogP) is 7.87. The molecule has 1 atom stereocenters. The molecule has 1 aliphatic carbocycles. The molecule has 0 radical (unpaired) electrons. The summed E-state index contributed by atoms with van der Waals surface area (Å²) in [4.78, 5) is 20.0. The fourth-order valence-corrected chi connectivity index (χ4v) is 9.04. The summed E-state index contributed by atoms with van der Waals surface area (Å²) in [6.45, 7) is 0.509. The van der Waals surface area contributed by atoms with E-state index in [1.807, 2.05) is 41.0 Å². The van der Waals surface area contributed by atoms with Crippen LogP contribution in [0.2, 0.25) is 0 Å². The second-order valence-corrected chi connectivity index (χ2v) is 14.5. The summed E-state index contributed by atoms with van der Waals surface area (Å²) < 4.78 is 11.8. The molecule has 2 aliphatic rings. The highest BCUT2D eigenvalue weighted by Crippen LogP contribution is 2.41. The van der Waals surface area contributed by atoms with E-state index < -0.39 is 0 Å². The zero-order valence-corrected chi connectivity index (χ0v) is 28.9. The minimum Gasteiger partial charge on any atom is -0.487 e. The topological polar surface area (TPSA) is 43.6 Å². The van der Waals surface area contributed by atoms with Gasteiger partial charge >= 0.3 is 0 Å². The highest BCUT2D eigenvalue weighted by molar-refractivity contribution is 14.1. The molecule has 208 valence electrons. The number of aryl methyl sites for hydroxylation is 1. The van der Waals surface area contributed by atoms with Gasteiger partial charge in [0, 0.05) is 10.0 Å². The van der Waals surface area contributed by atoms with Gasteiger partial charge in [-0.1, -0.05) is 94.0 Å². The average molecular weight is 857 g/mol. The van der Waals surface area contributed by atoms with Gasteiger partial charge in [0.1, 0.15) is 12.4 Å². The Bertz CT molecular complexity index is 2030. The second-order valence-electron chi connectivity index (χ2n) is 10.3. The van der Waals surface area contributed by atoms with Crippen LogP contribution in [0.3, 0.4) is 0 Å². The molecule has 0 saturated heterocycles. The number of rotatable bonds is 5. The number of ether oxygens (including phenoxy) is 1. The third kappa shape index (κ3) is 5.35. The molecule has 8 heteroatoms. The van der Waals surface area contributed by atoms with E-state index in [-0.39, 0.29) is 11.6 Å². The van der Waals surface area contributed by atoms with Crippen LogP contribution in [0.5, 0.6) is 5.75 Å². The molecule has 0 amide bonds. The van der Waals surface area contributed by atoms with Gasteiger partial charge in [-0.25, -0.2) is 4.99 Å². The van der Waals surface area contributed by atoms with Gasteiger partial charge in [0.15, 0.2) is 4.80 Å². The zero-order chi connectivity index (χ0) is 28.8. The number of aromatic nitrogens is 1. The summed E-state index contributed by atoms with van der Waals surface area (Å²) in [7, 11) is 0. The normalized spacial score (nSPS) is 16.0. The summed E-state index contributed by atoms with van der Waals surface area (Å²) >= 11 is 9.67. The van der Waals surface area contributed by atoms with E-state index in [2.05, 4.69) is 122 Å². The van der Waals surface area contributed by atoms with Gasteiger partial charge in [-0.2, -0.15) is 0 Å². The average Bonchev–Trinajstić information content (AvgIpc) is 3.30. The third-order valence-electron chi connectivity index (χ3n) is 7.60. The van der Waals surface area contributed by atoms with Gasteiger partial charge in [0.2, 0.25) is 0 Å². The van der Waals surface area contributed by atoms with Crippen LogP contribution in [0.15, 0.2) is 111 Å². The first kappa shape index (κ1) is 28.2. The summed E-state index contributed by atoms with van der Waals surface area (Å²) in [5.74, 6) is 0.861. The molecule has 1 aromatic heterocycles. The number of halogens is 3. The lowest BCUT2D eigenvalue weighted by molar-refractivity contribution is 0.302. The number of hydrogen-bond donors (Lipinski definition) is 0. The number of hydrogen-bond acceptors (Lipinski definition) is 4. The van der Waals surface area contributed by atoms with E-state index in [1.165, 1.54) is 28.0 Å². The van der Waals surface area contributed by atoms with Crippen molar-refractivity contribution in [2.24, 2.45) is 4.99 Å². The van der Waals surface area contributed by atoms with Crippen LogP contribution in [0, 0.1) is 7.14 Å². The Balaban J connectivity index is 1.33. The molecular weight excluding hydrogens is 834 g/mol. The predicted molar refractivity (Wildman–Crippen MR) is 190 cm³/mol. The van der Waals surface area contributed by atoms with Crippen LogP contribution in [0.4, 0.5) is 0 Å². The van der Waals surface area contributed by atoms with Crippen molar-refractivity contribution >= 4 is 84.2 Å². The Morgan fingerprint density at radius 2 is 1.67 bits per heavy atom. The maximum absolute atomic E-state index is 14.1. The van der Waals surface area contributed by atoms with E-state index in [9.17, 15) is 4.79 Å². The molecule has 1 aliphatic heterocycles. The van der Waals surface area contributed by atoms with Crippen LogP contribution in [0.1, 0.15) is 40.3 Å². The number of nitrogens with zero attached hydrogens (tertiary/aromatic N) is 2. The van der Waals surface area contributed by atoms with Crippen LogP contribution in [-0.2, 0) is 13.0 Å². The van der Waals surface area contributed by atoms with Gasteiger partial charge in [0.05, 0.1) is 23.4 Å². The maximum atomic E-state index is 14.1. The molecule has 2 heterocycles. The third-order valence-corrected chi connectivity index (χ3v) is 10.7. The standard InChI is InChI=1S/C34H23BrI2N2O2S/c35-24-13-10-23(11-14-24)31-26-15-12-22-8-4-5-9-25(22)30(26)38-34-39(31)33(40)29(42-34)18-21-16-27(36)32(28(37)17-21)41-19-20-6-2-1-3-7-20/h1-11,13-14,16-18,31H,12,15,19H2/b29-18-/t31-/m1/s1. The summed E-state index contributed by atoms with van der Waals surface area (Å²) in [5.41, 5.74) is 7.89. The molecular formula is C34H23BrI2N2O2S. The first-order valence-electron chi connectivity index (χ1n) is 13.5. The highest BCUT2D eigenvalue weighted by atomic mass is 127. The Hall–Kier alpha value is -2.54. The Labute approximate surface area is 282 Å². The molecule has 0 fully saturated rings. The molecule has 0 saturated carbocycles. The number of fused-ring (bicyclic) bond motifs is 3. The molecule has 7 rings (SSSR count). The van der Waals surface area contributed by atoms with Crippen molar-refractivity contribution in [2.75, 3.05) is 0 Å². The summed E-state index contributed by atoms with van der Waals surface area (Å²) in [6, 6.07) is 31.0. The number of thiazole rings is 1. The summed E-state index contributed by atoms with van der Waals surface area (Å²) in [6.07, 6.45) is 3.81. The smallest absolute Gasteiger partial charge is 0.271 e. The van der Waals surface area contributed by atoms with E-state index >= 15 is 0 Å². The Morgan fingerprint density at radius 1 is 0.952 bits per heavy atom. The quantitative estimate of drug-likeness (QED) is 0.169. The molecule has 5 aromatic rings. The maximum Gasteiger partial charge on any atom is 0.271 e. The van der Waals surface area contributed by atoms with Crippen LogP contribution < -0.4 is 19.6 Å². The van der Waals surface area contributed by atoms with Crippen molar-refractivity contribution in [3.63, 3.8) is 0 Å². The lowest BCUT2D eigenvalue weighted by Gasteiger charge is -2.30. The van der Waals surface area contributed by atoms with Gasteiger partial charge in [-0.3, -0.25) is 9.36 Å². The van der Waals surface area contributed by atoms with Gasteiger partial charge < -0.3 is 4.74 Å². The van der Waals surface area contributed by atoms with Crippen molar-refractivity contribution in [3.05, 3.63) is 156 Å². The van der Waals surface area contributed by atoms with Gasteiger partial charge in [-0.15, -0.1) is 0 Å². The first-order valence-corrected chi connectivity index (χ1v) is 17.3. The Morgan fingerprint density at radius 3 is 2.43 bits per heavy atom. The molecule has 0 N–H and O–H groups in total. The van der Waals surface area contributed by atoms with Crippen molar-refractivity contribution in [2.45, 2.75) is 25.5 Å². The second kappa shape index (κ2) is 11.9. The van der Waals surface area contributed by atoms with Crippen LogP contribution in [-0.4, -0.2) is 4.57 Å². The summed E-state index contributed by atoms with van der Waals surface area (Å²) in [5, 5.41) is 0. The van der Waals surface area contributed by atoms with E-state index in [4.69, 9.17) is 9.73 Å². The van der Waals surface area contributed by atoms with Crippen molar-refractivity contribution in [1.82, 2.24) is 4.57 Å². The molecule has 4 aromatic carbocycles. The van der Waals surface area contributed by atoms with Crippen molar-refractivity contribution < 1.29 is 4.74 Å². The highest BCUT2D eigenvalue weighted by Gasteiger charge is 2.32. The first-order chi connectivity index (χ1) is 20.5. The lowest BCUT2D eigenvalue weighted by atomic mass is 9.83. The molecule has 0 spiro atoms. The fourth-order valence-electron chi connectivity index (χ4n) is 5.65. The number of benzene rings is 4. The van der Waals surface area contributed by atoms with E-state index in [1.54, 1.807) is 0 Å². The van der Waals surface area contributed by atoms with Gasteiger partial charge in [0.25, 0.3) is 5.56 Å². The SMILES string of the molecule is O=c1/c(=C/c2cc(I)c(OCc3ccccc3)c(I)c2)sc2n1[C@H](c1ccc(Br)cc1)C1=C(N=2)c2ccccc2CC1. The molecule has 4 nitrogen and oxygen atoms in total. The fraction of sp³-hybridized carbons (Fsp3) is 0.118. The largest absolute Gasteiger partial charge is 0.487 e. The van der Waals surface area contributed by atoms with Crippen molar-refractivity contribution in [3.8, 4) is 5.75 Å². The van der Waals surface area contributed by atoms with Crippen LogP contribution >= 0.6 is 72.4 Å². The molecule has 0 unspecified atom stereocenters. The molecule has 42 heavy (non-hydrogen) atoms. The zero-order valence-electron chi connectivity index (χ0n) is 22.2.